The van der Waals surface area contributed by atoms with Crippen LogP contribution in [-0.4, -0.2) is 53.6 Å². The molecule has 7 heteroatoms. The topological polar surface area (TPSA) is 84.0 Å². The van der Waals surface area contributed by atoms with Crippen molar-refractivity contribution < 1.29 is 23.9 Å². The van der Waals surface area contributed by atoms with E-state index in [-0.39, 0.29) is 36.7 Å². The zero-order valence-corrected chi connectivity index (χ0v) is 27.0. The smallest absolute Gasteiger partial charge is 0.261 e. The zero-order chi connectivity index (χ0) is 33.6. The van der Waals surface area contributed by atoms with E-state index in [1.54, 1.807) is 7.11 Å². The molecule has 49 heavy (non-hydrogen) atoms. The van der Waals surface area contributed by atoms with Gasteiger partial charge < -0.3 is 4.74 Å². The lowest BCUT2D eigenvalue weighted by molar-refractivity contribution is 0.0597. The molecule has 0 atom stereocenters. The minimum absolute atomic E-state index is 0.256. The summed E-state index contributed by atoms with van der Waals surface area (Å²) in [5.74, 6) is -0.468. The number of imide groups is 2. The highest BCUT2D eigenvalue weighted by atomic mass is 16.5. The molecule has 7 aromatic rings. The van der Waals surface area contributed by atoms with Gasteiger partial charge in [-0.2, -0.15) is 0 Å². The fourth-order valence-corrected chi connectivity index (χ4v) is 7.80. The van der Waals surface area contributed by atoms with E-state index in [4.69, 9.17) is 4.74 Å². The predicted molar refractivity (Wildman–Crippen MR) is 190 cm³/mol. The molecular formula is C42H30N2O5. The van der Waals surface area contributed by atoms with E-state index in [1.807, 2.05) is 104 Å². The number of fused-ring (bicyclic) bond motifs is 2. The standard InChI is InChI=1S/C42H30N2O5/c1-23-3-5-24(6-4-23)19-21-43-39(45)31-15-11-27-29-13-17-33-38-34(42(48)44(41(33)47)22-20-25-7-9-26(49-2)10-8-25)18-14-30(36(29)38)28-12-16-32(40(43)46)37(31)35(27)28/h3-18H,19-22H2,1-2H3. The van der Waals surface area contributed by atoms with E-state index in [2.05, 4.69) is 0 Å². The van der Waals surface area contributed by atoms with Gasteiger partial charge in [0.25, 0.3) is 23.6 Å². The second kappa shape index (κ2) is 10.7. The van der Waals surface area contributed by atoms with Crippen LogP contribution in [0.5, 0.6) is 5.75 Å². The van der Waals surface area contributed by atoms with Crippen LogP contribution in [0.4, 0.5) is 0 Å². The molecule has 0 unspecified atom stereocenters. The summed E-state index contributed by atoms with van der Waals surface area (Å²) in [6, 6.07) is 30.8. The Kier molecular flexibility index (Phi) is 6.36. The fourth-order valence-electron chi connectivity index (χ4n) is 7.80. The van der Waals surface area contributed by atoms with Crippen LogP contribution in [0.15, 0.2) is 97.1 Å². The number of amides is 4. The molecule has 2 heterocycles. The summed E-state index contributed by atoms with van der Waals surface area (Å²) in [6.07, 6.45) is 1.10. The normalized spacial score (nSPS) is 14.3. The van der Waals surface area contributed by atoms with Gasteiger partial charge >= 0.3 is 0 Å². The quantitative estimate of drug-likeness (QED) is 0.101. The predicted octanol–water partition coefficient (Wildman–Crippen LogP) is 7.73. The number of hydrogen-bond acceptors (Lipinski definition) is 5. The Labute approximate surface area is 281 Å². The Morgan fingerprint density at radius 1 is 0.449 bits per heavy atom. The summed E-state index contributed by atoms with van der Waals surface area (Å²) in [7, 11) is 1.61. The van der Waals surface area contributed by atoms with Crippen LogP contribution >= 0.6 is 0 Å². The summed E-state index contributed by atoms with van der Waals surface area (Å²) < 4.78 is 5.25. The van der Waals surface area contributed by atoms with E-state index in [9.17, 15) is 19.2 Å². The first kappa shape index (κ1) is 29.1. The maximum Gasteiger partial charge on any atom is 0.261 e. The first-order valence-electron chi connectivity index (χ1n) is 16.4. The van der Waals surface area contributed by atoms with Crippen molar-refractivity contribution in [2.45, 2.75) is 19.8 Å². The number of benzene rings is 7. The lowest BCUT2D eigenvalue weighted by Crippen LogP contribution is -2.41. The van der Waals surface area contributed by atoms with Crippen LogP contribution in [0.2, 0.25) is 0 Å². The Bertz CT molecular complexity index is 2450. The van der Waals surface area contributed by atoms with E-state index in [0.717, 1.165) is 54.8 Å². The first-order chi connectivity index (χ1) is 23.8. The zero-order valence-electron chi connectivity index (χ0n) is 27.0. The van der Waals surface area contributed by atoms with Gasteiger partial charge in [0.2, 0.25) is 0 Å². The molecule has 2 aliphatic rings. The summed E-state index contributed by atoms with van der Waals surface area (Å²) >= 11 is 0. The van der Waals surface area contributed by atoms with Crippen LogP contribution in [-0.2, 0) is 12.8 Å². The molecule has 0 N–H and O–H groups in total. The number of nitrogens with zero attached hydrogens (tertiary/aromatic N) is 2. The lowest BCUT2D eigenvalue weighted by atomic mass is 9.82. The van der Waals surface area contributed by atoms with E-state index in [1.165, 1.54) is 9.80 Å². The number of hydrogen-bond donors (Lipinski definition) is 0. The monoisotopic (exact) mass is 642 g/mol. The number of rotatable bonds is 7. The number of ether oxygens (including phenoxy) is 1. The molecular weight excluding hydrogens is 612 g/mol. The van der Waals surface area contributed by atoms with Gasteiger partial charge in [-0.05, 0) is 99.6 Å². The van der Waals surface area contributed by atoms with Crippen LogP contribution in [0.1, 0.15) is 58.1 Å². The summed E-state index contributed by atoms with van der Waals surface area (Å²) in [6.45, 7) is 2.57. The van der Waals surface area contributed by atoms with Gasteiger partial charge in [-0.15, -0.1) is 0 Å². The highest BCUT2D eigenvalue weighted by Gasteiger charge is 2.36. The van der Waals surface area contributed by atoms with Gasteiger partial charge in [-0.25, -0.2) is 0 Å². The van der Waals surface area contributed by atoms with Gasteiger partial charge in [0, 0.05) is 46.1 Å². The molecule has 0 radical (unpaired) electrons. The molecule has 238 valence electrons. The largest absolute Gasteiger partial charge is 0.497 e. The number of carbonyl (C=O) groups excluding carboxylic acids is 4. The number of carbonyl (C=O) groups is 4. The van der Waals surface area contributed by atoms with Crippen LogP contribution < -0.4 is 4.74 Å². The van der Waals surface area contributed by atoms with Crippen LogP contribution in [0, 0.1) is 6.92 Å². The van der Waals surface area contributed by atoms with Gasteiger partial charge in [-0.1, -0.05) is 66.2 Å². The molecule has 2 aliphatic heterocycles. The highest BCUT2D eigenvalue weighted by molar-refractivity contribution is 6.41. The average Bonchev–Trinajstić information content (AvgIpc) is 3.13. The Balaban J connectivity index is 1.13. The summed E-state index contributed by atoms with van der Waals surface area (Å²) in [4.78, 5) is 58.3. The Hall–Kier alpha value is -6.08. The van der Waals surface area contributed by atoms with Crippen molar-refractivity contribution >= 4 is 66.7 Å². The van der Waals surface area contributed by atoms with Crippen molar-refractivity contribution in [1.29, 1.82) is 0 Å². The van der Waals surface area contributed by atoms with Gasteiger partial charge in [0.15, 0.2) is 0 Å². The molecule has 7 aromatic carbocycles. The van der Waals surface area contributed by atoms with Crippen molar-refractivity contribution in [3.63, 3.8) is 0 Å². The number of aryl methyl sites for hydroxylation is 1. The third kappa shape index (κ3) is 4.21. The second-order valence-electron chi connectivity index (χ2n) is 13.0. The van der Waals surface area contributed by atoms with Crippen molar-refractivity contribution in [1.82, 2.24) is 9.80 Å². The molecule has 9 rings (SSSR count). The van der Waals surface area contributed by atoms with Crippen LogP contribution in [0.3, 0.4) is 0 Å². The molecule has 0 fully saturated rings. The third-order valence-corrected chi connectivity index (χ3v) is 10.3. The van der Waals surface area contributed by atoms with Crippen molar-refractivity contribution in [2.24, 2.45) is 0 Å². The first-order valence-corrected chi connectivity index (χ1v) is 16.4. The SMILES string of the molecule is COc1ccc(CCN2C(=O)c3ccc4c5ccc6c7c(ccc(c8ccc(c3c48)C2=O)c75)C(=O)N(CCc2ccc(C)cc2)C6=O)cc1. The Morgan fingerprint density at radius 2 is 0.796 bits per heavy atom. The minimum Gasteiger partial charge on any atom is -0.497 e. The Morgan fingerprint density at radius 3 is 1.14 bits per heavy atom. The minimum atomic E-state index is -0.312. The maximum atomic E-state index is 13.9. The second-order valence-corrected chi connectivity index (χ2v) is 13.0. The van der Waals surface area contributed by atoms with Gasteiger partial charge in [0.05, 0.1) is 7.11 Å². The van der Waals surface area contributed by atoms with Gasteiger partial charge in [0.1, 0.15) is 5.75 Å². The molecule has 0 saturated carbocycles. The summed E-state index contributed by atoms with van der Waals surface area (Å²) in [5, 5.41) is 6.51. The molecule has 0 saturated heterocycles. The van der Waals surface area contributed by atoms with Crippen LogP contribution in [0.25, 0.3) is 43.1 Å². The molecule has 0 spiro atoms. The van der Waals surface area contributed by atoms with Gasteiger partial charge in [-0.3, -0.25) is 29.0 Å². The molecule has 0 aliphatic carbocycles. The molecule has 0 aromatic heterocycles. The molecule has 0 bridgehead atoms. The maximum absolute atomic E-state index is 13.9. The fraction of sp³-hybridized carbons (Fsp3) is 0.143. The van der Waals surface area contributed by atoms with Crippen molar-refractivity contribution in [3.05, 3.63) is 136 Å². The average molecular weight is 643 g/mol. The molecule has 7 nitrogen and oxygen atoms in total. The van der Waals surface area contributed by atoms with E-state index in [0.29, 0.717) is 45.9 Å². The van der Waals surface area contributed by atoms with E-state index >= 15 is 0 Å². The highest BCUT2D eigenvalue weighted by Crippen LogP contribution is 2.46. The lowest BCUT2D eigenvalue weighted by Gasteiger charge is -2.30. The van der Waals surface area contributed by atoms with Crippen molar-refractivity contribution in [2.75, 3.05) is 20.2 Å². The third-order valence-electron chi connectivity index (χ3n) is 10.3. The molecule has 4 amide bonds. The number of methoxy groups -OCH3 is 1. The summed E-state index contributed by atoms with van der Waals surface area (Å²) in [5.41, 5.74) is 5.22. The van der Waals surface area contributed by atoms with E-state index < -0.39 is 0 Å². The van der Waals surface area contributed by atoms with Crippen molar-refractivity contribution in [3.8, 4) is 5.75 Å².